The summed E-state index contributed by atoms with van der Waals surface area (Å²) in [6.45, 7) is 6.17. The van der Waals surface area contributed by atoms with Crippen molar-refractivity contribution in [2.45, 2.75) is 39.5 Å². The summed E-state index contributed by atoms with van der Waals surface area (Å²) in [5, 5.41) is 13.0. The van der Waals surface area contributed by atoms with Crippen LogP contribution in [0.15, 0.2) is 46.8 Å². The molecule has 1 atom stereocenters. The van der Waals surface area contributed by atoms with Crippen LogP contribution in [0.1, 0.15) is 45.1 Å². The molecule has 3 nitrogen and oxygen atoms in total. The van der Waals surface area contributed by atoms with E-state index in [2.05, 4.69) is 53.9 Å². The van der Waals surface area contributed by atoms with Crippen LogP contribution in [-0.2, 0) is 4.79 Å². The van der Waals surface area contributed by atoms with Gasteiger partial charge in [0.1, 0.15) is 0 Å². The van der Waals surface area contributed by atoms with Gasteiger partial charge in [0.25, 0.3) is 0 Å². The van der Waals surface area contributed by atoms with Gasteiger partial charge in [0.2, 0.25) is 0 Å². The Morgan fingerprint density at radius 2 is 2.09 bits per heavy atom. The number of hydrogen-bond acceptors (Lipinski definition) is 3. The number of dihydropyridines is 1. The second-order valence-electron chi connectivity index (χ2n) is 7.10. The van der Waals surface area contributed by atoms with Gasteiger partial charge in [-0.1, -0.05) is 26.0 Å². The molecule has 1 aliphatic carbocycles. The molecule has 1 aromatic carbocycles. The molecule has 1 aromatic rings. The first-order chi connectivity index (χ1) is 10.8. The van der Waals surface area contributed by atoms with Gasteiger partial charge in [-0.3, -0.25) is 4.79 Å². The van der Waals surface area contributed by atoms with E-state index < -0.39 is 0 Å². The quantitative estimate of drug-likeness (QED) is 0.688. The highest BCUT2D eigenvalue weighted by Crippen LogP contribution is 2.46. The Hall–Kier alpha value is -1.61. The number of Topliss-reactive ketones (excluding diaryl/α,β-unsaturated/α-hetero) is 1. The molecule has 23 heavy (non-hydrogen) atoms. The van der Waals surface area contributed by atoms with Crippen molar-refractivity contribution in [3.8, 4) is 6.07 Å². The Balaban J connectivity index is 2.19. The van der Waals surface area contributed by atoms with Crippen LogP contribution in [0.3, 0.4) is 0 Å². The van der Waals surface area contributed by atoms with Crippen LogP contribution in [0.4, 0.5) is 0 Å². The van der Waals surface area contributed by atoms with E-state index in [4.69, 9.17) is 0 Å². The van der Waals surface area contributed by atoms with Gasteiger partial charge in [-0.05, 0) is 59.0 Å². The number of halogens is 1. The van der Waals surface area contributed by atoms with Crippen LogP contribution in [0, 0.1) is 20.3 Å². The van der Waals surface area contributed by atoms with E-state index in [-0.39, 0.29) is 17.1 Å². The van der Waals surface area contributed by atoms with Gasteiger partial charge in [0.05, 0.1) is 17.6 Å². The molecule has 4 heteroatoms. The predicted octanol–water partition coefficient (Wildman–Crippen LogP) is 4.42. The van der Waals surface area contributed by atoms with Crippen molar-refractivity contribution in [3.63, 3.8) is 0 Å². The largest absolute Gasteiger partial charge is 0.361 e. The van der Waals surface area contributed by atoms with Crippen LogP contribution in [-0.4, -0.2) is 5.78 Å². The summed E-state index contributed by atoms with van der Waals surface area (Å²) in [5.41, 5.74) is 4.28. The number of nitrogens with zero attached hydrogens (tertiary/aromatic N) is 1. The number of nitrogens with one attached hydrogen (secondary N) is 1. The zero-order chi connectivity index (χ0) is 16.8. The van der Waals surface area contributed by atoms with Crippen molar-refractivity contribution < 1.29 is 4.79 Å². The molecule has 0 fully saturated rings. The second-order valence-corrected chi connectivity index (χ2v) is 8.34. The lowest BCUT2D eigenvalue weighted by Gasteiger charge is -2.38. The normalized spacial score (nSPS) is 23.3. The maximum absolute atomic E-state index is 12.8. The van der Waals surface area contributed by atoms with E-state index in [1.165, 1.54) is 0 Å². The number of hydrogen-bond donors (Lipinski definition) is 1. The summed E-state index contributed by atoms with van der Waals surface area (Å²) in [4.78, 5) is 12.8. The monoisotopic (exact) mass is 418 g/mol. The van der Waals surface area contributed by atoms with Gasteiger partial charge >= 0.3 is 0 Å². The van der Waals surface area contributed by atoms with Gasteiger partial charge < -0.3 is 5.32 Å². The maximum atomic E-state index is 12.8. The highest BCUT2D eigenvalue weighted by molar-refractivity contribution is 14.1. The minimum Gasteiger partial charge on any atom is -0.361 e. The number of rotatable bonds is 1. The van der Waals surface area contributed by atoms with Crippen molar-refractivity contribution in [3.05, 3.63) is 55.9 Å². The third-order valence-electron chi connectivity index (χ3n) is 4.54. The first-order valence-electron chi connectivity index (χ1n) is 7.72. The zero-order valence-electron chi connectivity index (χ0n) is 13.5. The van der Waals surface area contributed by atoms with E-state index in [9.17, 15) is 10.1 Å². The topological polar surface area (TPSA) is 52.9 Å². The molecular formula is C19H19IN2O. The summed E-state index contributed by atoms with van der Waals surface area (Å²) < 4.78 is 1.11. The van der Waals surface area contributed by atoms with Crippen molar-refractivity contribution >= 4 is 28.4 Å². The minimum absolute atomic E-state index is 0.0387. The van der Waals surface area contributed by atoms with Crippen LogP contribution in [0.25, 0.3) is 0 Å². The molecule has 0 saturated heterocycles. The number of carbonyl (C=O) groups is 1. The number of benzene rings is 1. The Morgan fingerprint density at radius 3 is 2.74 bits per heavy atom. The summed E-state index contributed by atoms with van der Waals surface area (Å²) in [5.74, 6) is -0.0811. The Morgan fingerprint density at radius 1 is 1.35 bits per heavy atom. The van der Waals surface area contributed by atoms with Gasteiger partial charge in [-0.2, -0.15) is 5.26 Å². The number of nitriles is 1. The number of ketones is 1. The third-order valence-corrected chi connectivity index (χ3v) is 5.21. The zero-order valence-corrected chi connectivity index (χ0v) is 15.7. The van der Waals surface area contributed by atoms with E-state index in [0.717, 1.165) is 32.5 Å². The lowest BCUT2D eigenvalue weighted by Crippen LogP contribution is -2.36. The van der Waals surface area contributed by atoms with Gasteiger partial charge in [-0.15, -0.1) is 0 Å². The first kappa shape index (κ1) is 16.3. The molecule has 0 unspecified atom stereocenters. The van der Waals surface area contributed by atoms with Crippen LogP contribution >= 0.6 is 22.6 Å². The Kier molecular flexibility index (Phi) is 4.09. The summed E-state index contributed by atoms with van der Waals surface area (Å²) in [6, 6.07) is 10.4. The minimum atomic E-state index is -0.241. The molecule has 0 radical (unpaired) electrons. The molecule has 0 aromatic heterocycles. The second kappa shape index (κ2) is 5.79. The molecule has 0 saturated carbocycles. The summed E-state index contributed by atoms with van der Waals surface area (Å²) in [6.07, 6.45) is 1.37. The van der Waals surface area contributed by atoms with Crippen molar-refractivity contribution in [2.24, 2.45) is 5.41 Å². The molecule has 118 valence electrons. The average Bonchev–Trinajstić information content (AvgIpc) is 2.44. The van der Waals surface area contributed by atoms with E-state index >= 15 is 0 Å². The molecule has 1 heterocycles. The molecule has 3 rings (SSSR count). The summed E-state index contributed by atoms with van der Waals surface area (Å²) in [7, 11) is 0. The van der Waals surface area contributed by atoms with E-state index in [0.29, 0.717) is 12.0 Å². The van der Waals surface area contributed by atoms with Gasteiger partial charge in [0.15, 0.2) is 5.78 Å². The number of allylic oxidation sites excluding steroid dienone is 4. The molecular weight excluding hydrogens is 399 g/mol. The third kappa shape index (κ3) is 2.94. The van der Waals surface area contributed by atoms with Crippen molar-refractivity contribution in [1.29, 1.82) is 5.26 Å². The van der Waals surface area contributed by atoms with E-state index in [1.807, 2.05) is 25.1 Å². The average molecular weight is 418 g/mol. The van der Waals surface area contributed by atoms with E-state index in [1.54, 1.807) is 0 Å². The molecule has 0 amide bonds. The lowest BCUT2D eigenvalue weighted by atomic mass is 9.69. The predicted molar refractivity (Wildman–Crippen MR) is 98.4 cm³/mol. The maximum Gasteiger partial charge on any atom is 0.162 e. The van der Waals surface area contributed by atoms with Crippen LogP contribution < -0.4 is 5.32 Å². The first-order valence-corrected chi connectivity index (χ1v) is 8.80. The molecule has 1 N–H and O–H groups in total. The number of carbonyl (C=O) groups excluding carboxylic acids is 1. The van der Waals surface area contributed by atoms with Crippen molar-refractivity contribution in [1.82, 2.24) is 5.32 Å². The highest BCUT2D eigenvalue weighted by atomic mass is 127. The smallest absolute Gasteiger partial charge is 0.162 e. The summed E-state index contributed by atoms with van der Waals surface area (Å²) >= 11 is 2.27. The fraction of sp³-hybridized carbons (Fsp3) is 0.368. The van der Waals surface area contributed by atoms with Gasteiger partial charge in [0, 0.05) is 27.0 Å². The van der Waals surface area contributed by atoms with Gasteiger partial charge in [-0.25, -0.2) is 0 Å². The molecule has 0 bridgehead atoms. The molecule has 1 aliphatic heterocycles. The lowest BCUT2D eigenvalue weighted by molar-refractivity contribution is -0.118. The fourth-order valence-corrected chi connectivity index (χ4v) is 4.17. The fourth-order valence-electron chi connectivity index (χ4n) is 3.60. The van der Waals surface area contributed by atoms with Crippen molar-refractivity contribution in [2.75, 3.05) is 0 Å². The van der Waals surface area contributed by atoms with Crippen LogP contribution in [0.2, 0.25) is 0 Å². The Bertz CT molecular complexity index is 796. The molecule has 0 spiro atoms. The highest BCUT2D eigenvalue weighted by Gasteiger charge is 2.40. The molecule has 2 aliphatic rings. The SMILES string of the molecule is CC1=C(C#N)[C@H](c2cccc(I)c2)C2=C(CC(C)(C)CC2=O)N1. The standard InChI is InChI=1S/C19H19IN2O/c1-11-14(10-21)17(12-5-4-6-13(20)7-12)18-15(22-11)8-19(2,3)9-16(18)23/h4-7,17,22H,8-9H2,1-3H3/t17-/m0/s1. The van der Waals surface area contributed by atoms with Crippen LogP contribution in [0.5, 0.6) is 0 Å². The Labute approximate surface area is 150 Å².